The molecule has 1 aromatic heterocycles. The Morgan fingerprint density at radius 1 is 1.39 bits per heavy atom. The molecule has 2 heterocycles. The van der Waals surface area contributed by atoms with Gasteiger partial charge in [0.2, 0.25) is 0 Å². The van der Waals surface area contributed by atoms with Crippen LogP contribution < -0.4 is 4.74 Å². The van der Waals surface area contributed by atoms with Crippen LogP contribution in [0.25, 0.3) is 10.9 Å². The number of carbonyl (C=O) groups excluding carboxylic acids is 1. The summed E-state index contributed by atoms with van der Waals surface area (Å²) in [7, 11) is 3.48. The molecule has 0 saturated heterocycles. The van der Waals surface area contributed by atoms with E-state index in [1.807, 2.05) is 19.2 Å². The van der Waals surface area contributed by atoms with Crippen LogP contribution in [0.15, 0.2) is 12.1 Å². The Morgan fingerprint density at radius 3 is 2.89 bits per heavy atom. The van der Waals surface area contributed by atoms with Crippen molar-refractivity contribution in [3.05, 3.63) is 29.0 Å². The van der Waals surface area contributed by atoms with E-state index in [-0.39, 0.29) is 5.91 Å². The monoisotopic (exact) mass is 244 g/mol. The van der Waals surface area contributed by atoms with Crippen LogP contribution in [-0.2, 0) is 6.42 Å². The van der Waals surface area contributed by atoms with Gasteiger partial charge in [-0.2, -0.15) is 0 Å². The minimum Gasteiger partial charge on any atom is -0.495 e. The quantitative estimate of drug-likeness (QED) is 0.835. The number of hydrogen-bond donors (Lipinski definition) is 1. The van der Waals surface area contributed by atoms with Gasteiger partial charge in [-0.25, -0.2) is 0 Å². The number of rotatable bonds is 1. The number of aromatic amines is 1. The summed E-state index contributed by atoms with van der Waals surface area (Å²) in [5, 5.41) is 1.14. The van der Waals surface area contributed by atoms with Gasteiger partial charge in [0.05, 0.1) is 12.6 Å². The molecule has 1 aliphatic rings. The van der Waals surface area contributed by atoms with Gasteiger partial charge in [0.25, 0.3) is 5.91 Å². The average Bonchev–Trinajstić information content (AvgIpc) is 2.75. The van der Waals surface area contributed by atoms with Crippen LogP contribution in [0.5, 0.6) is 5.75 Å². The molecule has 0 aliphatic carbocycles. The first-order valence-corrected chi connectivity index (χ1v) is 6.07. The van der Waals surface area contributed by atoms with Crippen molar-refractivity contribution in [1.82, 2.24) is 9.88 Å². The summed E-state index contributed by atoms with van der Waals surface area (Å²) < 4.78 is 5.37. The van der Waals surface area contributed by atoms with E-state index < -0.39 is 0 Å². The van der Waals surface area contributed by atoms with Crippen molar-refractivity contribution in [2.75, 3.05) is 20.7 Å². The molecular weight excluding hydrogens is 228 g/mol. The molecule has 0 spiro atoms. The Morgan fingerprint density at radius 2 is 2.17 bits per heavy atom. The molecule has 0 unspecified atom stereocenters. The Hall–Kier alpha value is -1.97. The van der Waals surface area contributed by atoms with Crippen LogP contribution in [0.3, 0.4) is 0 Å². The number of carbonyl (C=O) groups is 1. The topological polar surface area (TPSA) is 45.3 Å². The number of benzene rings is 1. The molecule has 4 nitrogen and oxygen atoms in total. The van der Waals surface area contributed by atoms with Crippen molar-refractivity contribution in [3.63, 3.8) is 0 Å². The first-order valence-electron chi connectivity index (χ1n) is 6.07. The highest BCUT2D eigenvalue weighted by Crippen LogP contribution is 2.34. The zero-order valence-corrected chi connectivity index (χ0v) is 10.8. The second-order valence-corrected chi connectivity index (χ2v) is 4.79. The van der Waals surface area contributed by atoms with Crippen molar-refractivity contribution in [2.24, 2.45) is 0 Å². The highest BCUT2D eigenvalue weighted by molar-refractivity contribution is 6.04. The van der Waals surface area contributed by atoms with Gasteiger partial charge in [-0.05, 0) is 30.5 Å². The molecule has 1 amide bonds. The SMILES string of the molecule is COc1ccc(C)c2c3c([nH]c12)C(=O)N(C)CC3. The third kappa shape index (κ3) is 1.35. The lowest BCUT2D eigenvalue weighted by atomic mass is 10.00. The van der Waals surface area contributed by atoms with Gasteiger partial charge in [-0.3, -0.25) is 4.79 Å². The Labute approximate surface area is 106 Å². The summed E-state index contributed by atoms with van der Waals surface area (Å²) >= 11 is 0. The Bertz CT molecular complexity index is 643. The lowest BCUT2D eigenvalue weighted by Gasteiger charge is -2.22. The van der Waals surface area contributed by atoms with Crippen LogP contribution in [0, 0.1) is 6.92 Å². The fraction of sp³-hybridized carbons (Fsp3) is 0.357. The fourth-order valence-electron chi connectivity index (χ4n) is 2.70. The highest BCUT2D eigenvalue weighted by atomic mass is 16.5. The number of amides is 1. The third-order valence-corrected chi connectivity index (χ3v) is 3.71. The van der Waals surface area contributed by atoms with E-state index in [4.69, 9.17) is 4.74 Å². The molecule has 18 heavy (non-hydrogen) atoms. The number of methoxy groups -OCH3 is 1. The normalized spacial score (nSPS) is 15.1. The highest BCUT2D eigenvalue weighted by Gasteiger charge is 2.27. The van der Waals surface area contributed by atoms with E-state index in [1.54, 1.807) is 12.0 Å². The molecule has 0 bridgehead atoms. The van der Waals surface area contributed by atoms with E-state index in [0.29, 0.717) is 5.69 Å². The molecule has 1 aliphatic heterocycles. The zero-order chi connectivity index (χ0) is 12.9. The summed E-state index contributed by atoms with van der Waals surface area (Å²) in [5.74, 6) is 0.856. The number of aromatic nitrogens is 1. The molecule has 94 valence electrons. The first kappa shape index (κ1) is 11.1. The minimum absolute atomic E-state index is 0.0638. The predicted molar refractivity (Wildman–Crippen MR) is 70.3 cm³/mol. The number of fused-ring (bicyclic) bond motifs is 3. The summed E-state index contributed by atoms with van der Waals surface area (Å²) in [5.41, 5.74) is 3.96. The van der Waals surface area contributed by atoms with Crippen LogP contribution in [0.1, 0.15) is 21.6 Å². The molecule has 0 fully saturated rings. The average molecular weight is 244 g/mol. The van der Waals surface area contributed by atoms with E-state index in [9.17, 15) is 4.79 Å². The number of hydrogen-bond acceptors (Lipinski definition) is 2. The van der Waals surface area contributed by atoms with E-state index >= 15 is 0 Å². The van der Waals surface area contributed by atoms with E-state index in [0.717, 1.165) is 35.2 Å². The molecule has 0 radical (unpaired) electrons. The molecule has 0 atom stereocenters. The smallest absolute Gasteiger partial charge is 0.270 e. The maximum atomic E-state index is 12.2. The fourth-order valence-corrected chi connectivity index (χ4v) is 2.70. The molecule has 1 N–H and O–H groups in total. The standard InChI is InChI=1S/C14H16N2O2/c1-8-4-5-10(18-3)13-11(8)9-6-7-16(2)14(17)12(9)15-13/h4-5,15H,6-7H2,1-3H3. The van der Waals surface area contributed by atoms with E-state index in [1.165, 1.54) is 5.56 Å². The Kier molecular flexibility index (Phi) is 2.33. The molecule has 0 saturated carbocycles. The number of aryl methyl sites for hydroxylation is 1. The minimum atomic E-state index is 0.0638. The first-order chi connectivity index (χ1) is 8.63. The van der Waals surface area contributed by atoms with Gasteiger partial charge >= 0.3 is 0 Å². The van der Waals surface area contributed by atoms with Crippen LogP contribution in [-0.4, -0.2) is 36.5 Å². The lowest BCUT2D eigenvalue weighted by molar-refractivity contribution is 0.0776. The molecule has 4 heteroatoms. The summed E-state index contributed by atoms with van der Waals surface area (Å²) in [6, 6.07) is 3.98. The second-order valence-electron chi connectivity index (χ2n) is 4.79. The number of nitrogens with one attached hydrogen (secondary N) is 1. The summed E-state index contributed by atoms with van der Waals surface area (Å²) in [6.07, 6.45) is 0.894. The number of H-pyrrole nitrogens is 1. The Balaban J connectivity index is 2.36. The summed E-state index contributed by atoms with van der Waals surface area (Å²) in [4.78, 5) is 17.1. The van der Waals surface area contributed by atoms with Gasteiger partial charge in [0.1, 0.15) is 11.4 Å². The predicted octanol–water partition coefficient (Wildman–Crippen LogP) is 2.11. The molecule has 3 rings (SSSR count). The largest absolute Gasteiger partial charge is 0.495 e. The van der Waals surface area contributed by atoms with Gasteiger partial charge < -0.3 is 14.6 Å². The van der Waals surface area contributed by atoms with Gasteiger partial charge in [0.15, 0.2) is 0 Å². The number of nitrogens with zero attached hydrogens (tertiary/aromatic N) is 1. The zero-order valence-electron chi connectivity index (χ0n) is 10.8. The van der Waals surface area contributed by atoms with Crippen molar-refractivity contribution >= 4 is 16.8 Å². The van der Waals surface area contributed by atoms with Gasteiger partial charge in [0, 0.05) is 19.0 Å². The van der Waals surface area contributed by atoms with Crippen molar-refractivity contribution in [2.45, 2.75) is 13.3 Å². The van der Waals surface area contributed by atoms with Gasteiger partial charge in [-0.1, -0.05) is 6.07 Å². The van der Waals surface area contributed by atoms with Crippen LogP contribution in [0.2, 0.25) is 0 Å². The maximum Gasteiger partial charge on any atom is 0.270 e. The van der Waals surface area contributed by atoms with Crippen LogP contribution in [0.4, 0.5) is 0 Å². The van der Waals surface area contributed by atoms with Crippen LogP contribution >= 0.6 is 0 Å². The van der Waals surface area contributed by atoms with Crippen molar-refractivity contribution < 1.29 is 9.53 Å². The lowest BCUT2D eigenvalue weighted by Crippen LogP contribution is -2.33. The van der Waals surface area contributed by atoms with Gasteiger partial charge in [-0.15, -0.1) is 0 Å². The van der Waals surface area contributed by atoms with Crippen molar-refractivity contribution in [3.8, 4) is 5.75 Å². The van der Waals surface area contributed by atoms with Crippen molar-refractivity contribution in [1.29, 1.82) is 0 Å². The number of ether oxygens (including phenoxy) is 1. The van der Waals surface area contributed by atoms with E-state index in [2.05, 4.69) is 11.9 Å². The third-order valence-electron chi connectivity index (χ3n) is 3.71. The number of likely N-dealkylation sites (N-methyl/N-ethyl adjacent to an activating group) is 1. The molecule has 1 aromatic carbocycles. The summed E-state index contributed by atoms with van der Waals surface area (Å²) in [6.45, 7) is 2.84. The molecular formula is C14H16N2O2. The maximum absolute atomic E-state index is 12.2. The second kappa shape index (κ2) is 3.77. The molecule has 2 aromatic rings.